The molecule has 0 aliphatic carbocycles. The molecule has 42 heavy (non-hydrogen) atoms. The van der Waals surface area contributed by atoms with Crippen molar-refractivity contribution in [3.8, 4) is 0 Å². The zero-order valence-electron chi connectivity index (χ0n) is 27.7. The Morgan fingerprint density at radius 3 is 1.05 bits per heavy atom. The molecule has 0 saturated carbocycles. The zero-order chi connectivity index (χ0) is 31.6. The quantitative estimate of drug-likeness (QED) is 0.0433. The molecule has 0 fully saturated rings. The molecule has 0 aromatic carbocycles. The first-order chi connectivity index (χ1) is 20.2. The number of allylic oxidation sites excluding steroid dienone is 2. The fraction of sp³-hybridized carbons (Fsp3) is 0.857. The number of rotatable bonds is 30. The Labute approximate surface area is 257 Å². The summed E-state index contributed by atoms with van der Waals surface area (Å²) in [5.41, 5.74) is 0. The Balaban J connectivity index is 4.37. The molecular formula is C35H66NO6+. The molecule has 3 N–H and O–H groups in total. The maximum Gasteiger partial charge on any atom is 0.362 e. The van der Waals surface area contributed by atoms with Crippen LogP contribution in [0.1, 0.15) is 169 Å². The van der Waals surface area contributed by atoms with Gasteiger partial charge in [0.25, 0.3) is 0 Å². The minimum atomic E-state index is -1.11. The standard InChI is InChI=1S/C35H65NO6/c1-5-9-10-11-12-13-14-15-16-17-18-19-20-21-22-23-24-25-26-27-28-29-36(30(6-2)33(37)38,31(7-3)34(39)40)32(8-4)35(41)42/h15-16,30-32H,5-14,17-29H2,1-4H3,(H2-,37,38,39,40,41,42)/p+1/b16-15+. The molecule has 3 unspecified atom stereocenters. The second-order valence-corrected chi connectivity index (χ2v) is 12.2. The van der Waals surface area contributed by atoms with Crippen molar-refractivity contribution in [2.24, 2.45) is 0 Å². The summed E-state index contributed by atoms with van der Waals surface area (Å²) in [5.74, 6) is -3.34. The van der Waals surface area contributed by atoms with E-state index in [1.807, 2.05) is 0 Å². The van der Waals surface area contributed by atoms with Gasteiger partial charge in [0.1, 0.15) is 0 Å². The lowest BCUT2D eigenvalue weighted by atomic mass is 9.93. The number of aliphatic carboxylic acids is 3. The number of quaternary nitrogens is 1. The number of unbranched alkanes of at least 4 members (excludes halogenated alkanes) is 17. The Morgan fingerprint density at radius 1 is 0.476 bits per heavy atom. The highest BCUT2D eigenvalue weighted by atomic mass is 16.4. The Bertz CT molecular complexity index is 682. The monoisotopic (exact) mass is 596 g/mol. The summed E-state index contributed by atoms with van der Waals surface area (Å²) in [5, 5.41) is 30.1. The molecule has 0 saturated heterocycles. The van der Waals surface area contributed by atoms with Crippen molar-refractivity contribution in [2.75, 3.05) is 6.54 Å². The number of hydrogen-bond donors (Lipinski definition) is 3. The van der Waals surface area contributed by atoms with Crippen molar-refractivity contribution in [3.05, 3.63) is 12.2 Å². The molecule has 0 aliphatic heterocycles. The van der Waals surface area contributed by atoms with Crippen LogP contribution in [0.2, 0.25) is 0 Å². The Hall–Kier alpha value is -1.89. The topological polar surface area (TPSA) is 112 Å². The molecule has 0 aromatic rings. The summed E-state index contributed by atoms with van der Waals surface area (Å²) < 4.78 is -0.404. The number of carboxylic acid groups (broad SMARTS) is 3. The fourth-order valence-electron chi connectivity index (χ4n) is 6.80. The molecular weight excluding hydrogens is 530 g/mol. The second kappa shape index (κ2) is 25.6. The van der Waals surface area contributed by atoms with E-state index in [4.69, 9.17) is 0 Å². The smallest absolute Gasteiger partial charge is 0.362 e. The van der Waals surface area contributed by atoms with Crippen LogP contribution >= 0.6 is 0 Å². The van der Waals surface area contributed by atoms with Crippen molar-refractivity contribution in [2.45, 2.75) is 187 Å². The number of hydrogen-bond acceptors (Lipinski definition) is 3. The highest BCUT2D eigenvalue weighted by molar-refractivity contribution is 5.78. The number of carbonyl (C=O) groups is 3. The van der Waals surface area contributed by atoms with E-state index >= 15 is 0 Å². The molecule has 3 atom stereocenters. The molecule has 7 nitrogen and oxygen atoms in total. The van der Waals surface area contributed by atoms with Crippen LogP contribution in [0.4, 0.5) is 0 Å². The normalized spacial score (nSPS) is 15.3. The van der Waals surface area contributed by atoms with Gasteiger partial charge in [-0.05, 0) is 38.5 Å². The van der Waals surface area contributed by atoms with Gasteiger partial charge in [-0.2, -0.15) is 0 Å². The van der Waals surface area contributed by atoms with Gasteiger partial charge in [-0.15, -0.1) is 0 Å². The first kappa shape index (κ1) is 40.1. The van der Waals surface area contributed by atoms with E-state index in [1.54, 1.807) is 20.8 Å². The van der Waals surface area contributed by atoms with E-state index in [9.17, 15) is 29.7 Å². The van der Waals surface area contributed by atoms with Crippen LogP contribution in [-0.4, -0.2) is 62.4 Å². The van der Waals surface area contributed by atoms with Gasteiger partial charge in [0.15, 0.2) is 18.1 Å². The summed E-state index contributed by atoms with van der Waals surface area (Å²) in [4.78, 5) is 36.8. The molecule has 246 valence electrons. The molecule has 0 amide bonds. The third-order valence-corrected chi connectivity index (χ3v) is 9.06. The third-order valence-electron chi connectivity index (χ3n) is 9.06. The van der Waals surface area contributed by atoms with Gasteiger partial charge < -0.3 is 15.3 Å². The van der Waals surface area contributed by atoms with Gasteiger partial charge >= 0.3 is 17.9 Å². The SMILES string of the molecule is CCCCCCCC/C=C/CCCCCCCCCCCCC[N+](C(CC)C(=O)O)(C(CC)C(=O)O)C(CC)C(=O)O. The number of carboxylic acids is 3. The van der Waals surface area contributed by atoms with E-state index in [0.29, 0.717) is 6.42 Å². The van der Waals surface area contributed by atoms with Crippen LogP contribution in [0.5, 0.6) is 0 Å². The first-order valence-corrected chi connectivity index (χ1v) is 17.4. The lowest BCUT2D eigenvalue weighted by Gasteiger charge is -2.49. The lowest BCUT2D eigenvalue weighted by Crippen LogP contribution is -2.72. The van der Waals surface area contributed by atoms with Crippen molar-refractivity contribution < 1.29 is 34.2 Å². The van der Waals surface area contributed by atoms with E-state index in [1.165, 1.54) is 96.3 Å². The molecule has 0 rings (SSSR count). The maximum atomic E-state index is 12.3. The zero-order valence-corrected chi connectivity index (χ0v) is 27.7. The number of nitrogens with zero attached hydrogens (tertiary/aromatic N) is 1. The van der Waals surface area contributed by atoms with Crippen molar-refractivity contribution in [1.29, 1.82) is 0 Å². The summed E-state index contributed by atoms with van der Waals surface area (Å²) in [6.45, 7) is 7.66. The molecule has 0 radical (unpaired) electrons. The van der Waals surface area contributed by atoms with E-state index in [-0.39, 0.29) is 25.8 Å². The van der Waals surface area contributed by atoms with Crippen LogP contribution < -0.4 is 0 Å². The van der Waals surface area contributed by atoms with Crippen LogP contribution in [0.25, 0.3) is 0 Å². The van der Waals surface area contributed by atoms with E-state index in [0.717, 1.165) is 19.3 Å². The molecule has 7 heteroatoms. The Kier molecular flexibility index (Phi) is 24.4. The average Bonchev–Trinajstić information content (AvgIpc) is 2.94. The van der Waals surface area contributed by atoms with Gasteiger partial charge in [-0.1, -0.05) is 123 Å². The van der Waals surface area contributed by atoms with Gasteiger partial charge in [0.05, 0.1) is 6.54 Å². The van der Waals surface area contributed by atoms with Gasteiger partial charge in [-0.25, -0.2) is 14.4 Å². The lowest BCUT2D eigenvalue weighted by molar-refractivity contribution is -0.973. The molecule has 0 heterocycles. The second-order valence-electron chi connectivity index (χ2n) is 12.2. The van der Waals surface area contributed by atoms with Gasteiger partial charge in [-0.3, -0.25) is 4.48 Å². The van der Waals surface area contributed by atoms with Crippen LogP contribution in [-0.2, 0) is 14.4 Å². The van der Waals surface area contributed by atoms with Gasteiger partial charge in [0.2, 0.25) is 0 Å². The highest BCUT2D eigenvalue weighted by Crippen LogP contribution is 2.32. The summed E-state index contributed by atoms with van der Waals surface area (Å²) in [6.07, 6.45) is 28.4. The maximum absolute atomic E-state index is 12.3. The largest absolute Gasteiger partial charge is 0.477 e. The average molecular weight is 597 g/mol. The van der Waals surface area contributed by atoms with Crippen LogP contribution in [0.3, 0.4) is 0 Å². The minimum absolute atomic E-state index is 0.193. The molecule has 0 aliphatic rings. The fourth-order valence-corrected chi connectivity index (χ4v) is 6.80. The predicted molar refractivity (Wildman–Crippen MR) is 173 cm³/mol. The van der Waals surface area contributed by atoms with Crippen molar-refractivity contribution >= 4 is 17.9 Å². The summed E-state index contributed by atoms with van der Waals surface area (Å²) in [6, 6.07) is -3.19. The van der Waals surface area contributed by atoms with Crippen molar-refractivity contribution in [1.82, 2.24) is 0 Å². The summed E-state index contributed by atoms with van der Waals surface area (Å²) >= 11 is 0. The minimum Gasteiger partial charge on any atom is -0.477 e. The molecule has 0 spiro atoms. The van der Waals surface area contributed by atoms with E-state index in [2.05, 4.69) is 19.1 Å². The van der Waals surface area contributed by atoms with E-state index < -0.39 is 40.5 Å². The molecule has 0 aromatic heterocycles. The van der Waals surface area contributed by atoms with Crippen LogP contribution in [0.15, 0.2) is 12.2 Å². The third kappa shape index (κ3) is 15.5. The Morgan fingerprint density at radius 2 is 0.762 bits per heavy atom. The highest BCUT2D eigenvalue weighted by Gasteiger charge is 2.55. The molecule has 0 bridgehead atoms. The van der Waals surface area contributed by atoms with Crippen LogP contribution in [0, 0.1) is 0 Å². The first-order valence-electron chi connectivity index (χ1n) is 17.4. The predicted octanol–water partition coefficient (Wildman–Crippen LogP) is 9.38. The van der Waals surface area contributed by atoms with Gasteiger partial charge in [0, 0.05) is 19.3 Å². The summed E-state index contributed by atoms with van der Waals surface area (Å²) in [7, 11) is 0. The van der Waals surface area contributed by atoms with Crippen molar-refractivity contribution in [3.63, 3.8) is 0 Å².